The number of benzene rings is 1. The van der Waals surface area contributed by atoms with Gasteiger partial charge < -0.3 is 19.6 Å². The van der Waals surface area contributed by atoms with Gasteiger partial charge in [-0.1, -0.05) is 32.0 Å². The third-order valence-corrected chi connectivity index (χ3v) is 9.00. The fraction of sp³-hybridized carbons (Fsp3) is 0.531. The minimum atomic E-state index is -1.11. The lowest BCUT2D eigenvalue weighted by Gasteiger charge is -2.41. The van der Waals surface area contributed by atoms with Gasteiger partial charge in [0.1, 0.15) is 0 Å². The molecule has 7 nitrogen and oxygen atoms in total. The molecule has 0 bridgehead atoms. The minimum absolute atomic E-state index is 0.261. The summed E-state index contributed by atoms with van der Waals surface area (Å²) in [5.41, 5.74) is 7.67. The van der Waals surface area contributed by atoms with Gasteiger partial charge in [-0.05, 0) is 76.0 Å². The smallest absolute Gasteiger partial charge is 0.337 e. The van der Waals surface area contributed by atoms with Crippen LogP contribution in [0.4, 0.5) is 10.8 Å². The first-order chi connectivity index (χ1) is 18.8. The summed E-state index contributed by atoms with van der Waals surface area (Å²) in [6, 6.07) is 6.72. The van der Waals surface area contributed by atoms with Crippen LogP contribution in [0, 0.1) is 19.3 Å². The number of hydrogen-bond acceptors (Lipinski definition) is 7. The van der Waals surface area contributed by atoms with E-state index in [-0.39, 0.29) is 5.41 Å². The highest BCUT2D eigenvalue weighted by atomic mass is 32.1. The van der Waals surface area contributed by atoms with Gasteiger partial charge >= 0.3 is 5.97 Å². The maximum atomic E-state index is 12.7. The van der Waals surface area contributed by atoms with Crippen molar-refractivity contribution in [1.29, 1.82) is 0 Å². The van der Waals surface area contributed by atoms with E-state index in [1.54, 1.807) is 11.3 Å². The van der Waals surface area contributed by atoms with Gasteiger partial charge in [0.05, 0.1) is 11.3 Å². The van der Waals surface area contributed by atoms with Gasteiger partial charge in [0.2, 0.25) is 0 Å². The number of carbonyl (C=O) groups is 1. The molecule has 40 heavy (non-hydrogen) atoms. The summed E-state index contributed by atoms with van der Waals surface area (Å²) in [4.78, 5) is 26.9. The number of hydrogen-bond donors (Lipinski definition) is 1. The molecule has 0 spiro atoms. The van der Waals surface area contributed by atoms with E-state index in [1.807, 2.05) is 46.2 Å². The number of aromatic nitrogens is 2. The third kappa shape index (κ3) is 5.88. The van der Waals surface area contributed by atoms with Crippen molar-refractivity contribution < 1.29 is 14.6 Å². The first-order valence-corrected chi connectivity index (χ1v) is 15.1. The van der Waals surface area contributed by atoms with Crippen molar-refractivity contribution in [3.63, 3.8) is 0 Å². The van der Waals surface area contributed by atoms with E-state index in [0.717, 1.165) is 78.8 Å². The second-order valence-corrected chi connectivity index (χ2v) is 13.9. The molecule has 2 aliphatic heterocycles. The number of carboxylic acids is 1. The van der Waals surface area contributed by atoms with Crippen LogP contribution in [0.3, 0.4) is 0 Å². The molecule has 1 unspecified atom stereocenters. The number of carboxylic acid groups (broad SMARTS) is 1. The highest BCUT2D eigenvalue weighted by Gasteiger charge is 2.36. The summed E-state index contributed by atoms with van der Waals surface area (Å²) in [5, 5.41) is 13.5. The van der Waals surface area contributed by atoms with E-state index < -0.39 is 17.7 Å². The molecule has 5 rings (SSSR count). The molecule has 1 atom stereocenters. The standard InChI is InChI=1S/C32H42N4O3S/c1-20-25(23-8-9-24-19-36(14-10-22(24)18-23)30-33-13-17-40-30)27(35-15-11-32(6,7)12-16-35)26(21(2)34-20)28(29(37)38)39-31(3,4)5/h8-9,13,17-18,28H,10-12,14-16,19H2,1-7H3,(H,37,38). The molecule has 1 saturated heterocycles. The number of anilines is 2. The van der Waals surface area contributed by atoms with Crippen LogP contribution in [0.1, 0.15) is 81.6 Å². The van der Waals surface area contributed by atoms with Gasteiger partial charge in [0, 0.05) is 60.3 Å². The summed E-state index contributed by atoms with van der Waals surface area (Å²) < 4.78 is 6.23. The zero-order chi connectivity index (χ0) is 28.8. The Morgan fingerprint density at radius 1 is 1.07 bits per heavy atom. The van der Waals surface area contributed by atoms with Crippen LogP contribution in [0.2, 0.25) is 0 Å². The first kappa shape index (κ1) is 28.6. The van der Waals surface area contributed by atoms with E-state index in [0.29, 0.717) is 5.56 Å². The van der Waals surface area contributed by atoms with Gasteiger partial charge in [-0.25, -0.2) is 9.78 Å². The molecule has 1 N–H and O–H groups in total. The monoisotopic (exact) mass is 562 g/mol. The molecule has 2 aliphatic rings. The molecule has 1 fully saturated rings. The highest BCUT2D eigenvalue weighted by molar-refractivity contribution is 7.13. The van der Waals surface area contributed by atoms with Gasteiger partial charge in [-0.3, -0.25) is 4.98 Å². The van der Waals surface area contributed by atoms with Crippen LogP contribution in [0.15, 0.2) is 29.8 Å². The largest absolute Gasteiger partial charge is 0.479 e. The number of rotatable bonds is 6. The predicted molar refractivity (Wildman–Crippen MR) is 162 cm³/mol. The second kappa shape index (κ2) is 10.8. The summed E-state index contributed by atoms with van der Waals surface area (Å²) >= 11 is 1.68. The molecule has 4 heterocycles. The average Bonchev–Trinajstić information content (AvgIpc) is 3.41. The van der Waals surface area contributed by atoms with Crippen LogP contribution < -0.4 is 9.80 Å². The van der Waals surface area contributed by atoms with E-state index in [2.05, 4.69) is 46.8 Å². The topological polar surface area (TPSA) is 78.8 Å². The van der Waals surface area contributed by atoms with E-state index in [1.165, 1.54) is 11.1 Å². The third-order valence-electron chi connectivity index (χ3n) is 8.17. The fourth-order valence-corrected chi connectivity index (χ4v) is 6.67. The normalized spacial score (nSPS) is 18.0. The minimum Gasteiger partial charge on any atom is -0.479 e. The molecule has 8 heteroatoms. The molecule has 3 aromatic rings. The summed E-state index contributed by atoms with van der Waals surface area (Å²) in [6.45, 7) is 17.8. The Morgan fingerprint density at radius 2 is 1.80 bits per heavy atom. The van der Waals surface area contributed by atoms with Crippen molar-refractivity contribution in [2.75, 3.05) is 29.4 Å². The van der Waals surface area contributed by atoms with Crippen molar-refractivity contribution in [3.8, 4) is 11.1 Å². The number of ether oxygens (including phenoxy) is 1. The lowest BCUT2D eigenvalue weighted by molar-refractivity contribution is -0.160. The lowest BCUT2D eigenvalue weighted by Crippen LogP contribution is -2.39. The fourth-order valence-electron chi connectivity index (χ4n) is 6.00. The summed E-state index contributed by atoms with van der Waals surface area (Å²) in [5.74, 6) is -0.985. The Labute approximate surface area is 242 Å². The van der Waals surface area contributed by atoms with Crippen LogP contribution in [-0.2, 0) is 22.5 Å². The number of piperidine rings is 1. The Kier molecular flexibility index (Phi) is 7.70. The maximum absolute atomic E-state index is 12.7. The molecule has 0 radical (unpaired) electrons. The van der Waals surface area contributed by atoms with Crippen LogP contribution in [0.5, 0.6) is 0 Å². The lowest BCUT2D eigenvalue weighted by atomic mass is 9.81. The first-order valence-electron chi connectivity index (χ1n) is 14.3. The van der Waals surface area contributed by atoms with Gasteiger partial charge in [-0.15, -0.1) is 11.3 Å². The SMILES string of the molecule is Cc1nc(C)c(C(OC(C)(C)C)C(=O)O)c(N2CCC(C)(C)CC2)c1-c1ccc2c(c1)CCN(c1nccs1)C2. The van der Waals surface area contributed by atoms with Gasteiger partial charge in [0.25, 0.3) is 0 Å². The Balaban J connectivity index is 1.64. The van der Waals surface area contributed by atoms with Gasteiger partial charge in [-0.2, -0.15) is 0 Å². The number of aliphatic carboxylic acids is 1. The van der Waals surface area contributed by atoms with Crippen molar-refractivity contribution in [1.82, 2.24) is 9.97 Å². The molecule has 0 aliphatic carbocycles. The zero-order valence-electron chi connectivity index (χ0n) is 24.9. The van der Waals surface area contributed by atoms with E-state index >= 15 is 0 Å². The molecule has 0 saturated carbocycles. The van der Waals surface area contributed by atoms with Crippen molar-refractivity contribution >= 4 is 28.1 Å². The van der Waals surface area contributed by atoms with Crippen LogP contribution in [0.25, 0.3) is 11.1 Å². The van der Waals surface area contributed by atoms with Gasteiger partial charge in [0.15, 0.2) is 11.2 Å². The molecule has 2 aromatic heterocycles. The summed E-state index contributed by atoms with van der Waals surface area (Å²) in [7, 11) is 0. The van der Waals surface area contributed by atoms with E-state index in [4.69, 9.17) is 9.72 Å². The van der Waals surface area contributed by atoms with Crippen molar-refractivity contribution in [2.24, 2.45) is 5.41 Å². The predicted octanol–water partition coefficient (Wildman–Crippen LogP) is 6.95. The molecule has 1 aromatic carbocycles. The van der Waals surface area contributed by atoms with Crippen LogP contribution >= 0.6 is 11.3 Å². The highest BCUT2D eigenvalue weighted by Crippen LogP contribution is 2.45. The van der Waals surface area contributed by atoms with Crippen molar-refractivity contribution in [3.05, 3.63) is 57.9 Å². The number of nitrogens with zero attached hydrogens (tertiary/aromatic N) is 4. The Bertz CT molecular complexity index is 1380. The number of thiazole rings is 1. The molecule has 214 valence electrons. The molecular formula is C32H42N4O3S. The average molecular weight is 563 g/mol. The van der Waals surface area contributed by atoms with E-state index in [9.17, 15) is 9.90 Å². The number of pyridine rings is 1. The summed E-state index contributed by atoms with van der Waals surface area (Å²) in [6.07, 6.45) is 3.77. The number of fused-ring (bicyclic) bond motifs is 1. The van der Waals surface area contributed by atoms with Crippen LogP contribution in [-0.4, -0.2) is 46.3 Å². The number of aryl methyl sites for hydroxylation is 2. The Hall–Kier alpha value is -2.97. The molecule has 0 amide bonds. The zero-order valence-corrected chi connectivity index (χ0v) is 25.7. The maximum Gasteiger partial charge on any atom is 0.337 e. The van der Waals surface area contributed by atoms with Crippen molar-refractivity contribution in [2.45, 2.75) is 86.0 Å². The second-order valence-electron chi connectivity index (χ2n) is 13.0. The Morgan fingerprint density at radius 3 is 2.42 bits per heavy atom. The molecular weight excluding hydrogens is 520 g/mol. The quantitative estimate of drug-likeness (QED) is 0.348.